The van der Waals surface area contributed by atoms with Gasteiger partial charge in [-0.2, -0.15) is 0 Å². The first-order valence-electron chi connectivity index (χ1n) is 7.84. The molecule has 6 nitrogen and oxygen atoms in total. The van der Waals surface area contributed by atoms with Crippen LogP contribution in [0.5, 0.6) is 0 Å². The summed E-state index contributed by atoms with van der Waals surface area (Å²) in [5.74, 6) is 1.60. The monoisotopic (exact) mass is 376 g/mol. The lowest BCUT2D eigenvalue weighted by Gasteiger charge is -2.12. The van der Waals surface area contributed by atoms with Gasteiger partial charge in [0.15, 0.2) is 11.6 Å². The molecule has 0 fully saturated rings. The second-order valence-corrected chi connectivity index (χ2v) is 6.23. The Kier molecular flexibility index (Phi) is 5.73. The number of nitrogens with zero attached hydrogens (tertiary/aromatic N) is 4. The molecule has 3 rings (SSSR count). The van der Waals surface area contributed by atoms with E-state index in [4.69, 9.17) is 23.2 Å². The first-order valence-corrected chi connectivity index (χ1v) is 8.60. The van der Waals surface area contributed by atoms with Crippen LogP contribution in [-0.2, 0) is 13.0 Å². The van der Waals surface area contributed by atoms with Crippen molar-refractivity contribution >= 4 is 34.8 Å². The van der Waals surface area contributed by atoms with E-state index in [-0.39, 0.29) is 0 Å². The second-order valence-electron chi connectivity index (χ2n) is 5.38. The van der Waals surface area contributed by atoms with Gasteiger partial charge in [0, 0.05) is 42.8 Å². The highest BCUT2D eigenvalue weighted by atomic mass is 35.5. The van der Waals surface area contributed by atoms with Crippen LogP contribution in [0.25, 0.3) is 5.65 Å². The molecule has 130 valence electrons. The minimum atomic E-state index is 0.559. The smallest absolute Gasteiger partial charge is 0.191 e. The van der Waals surface area contributed by atoms with Gasteiger partial charge in [0.1, 0.15) is 5.82 Å². The normalized spacial score (nSPS) is 11.7. The zero-order valence-corrected chi connectivity index (χ0v) is 15.2. The number of aromatic nitrogens is 3. The number of nitrogens with one attached hydrogen (secondary N) is 2. The second kappa shape index (κ2) is 8.18. The van der Waals surface area contributed by atoms with E-state index in [0.29, 0.717) is 29.1 Å². The lowest BCUT2D eigenvalue weighted by molar-refractivity contribution is 0.761. The fraction of sp³-hybridized carbons (Fsp3) is 0.235. The molecule has 8 heteroatoms. The standard InChI is InChI=1S/C17H18Cl2N6/c1-20-17(22-11-12-5-6-13(18)10-14(12)19)21-8-7-16-24-23-15-4-2-3-9-25(15)16/h2-6,9-10H,7-8,11H2,1H3,(H2,20,21,22). The van der Waals surface area contributed by atoms with Gasteiger partial charge in [0.2, 0.25) is 0 Å². The van der Waals surface area contributed by atoms with E-state index in [2.05, 4.69) is 25.8 Å². The average Bonchev–Trinajstić information content (AvgIpc) is 3.02. The molecule has 2 aromatic heterocycles. The van der Waals surface area contributed by atoms with E-state index in [1.54, 1.807) is 13.1 Å². The van der Waals surface area contributed by atoms with E-state index in [1.165, 1.54) is 0 Å². The van der Waals surface area contributed by atoms with Gasteiger partial charge in [0.25, 0.3) is 0 Å². The molecule has 0 radical (unpaired) electrons. The molecule has 25 heavy (non-hydrogen) atoms. The zero-order chi connectivity index (χ0) is 17.6. The van der Waals surface area contributed by atoms with Crippen molar-refractivity contribution in [3.63, 3.8) is 0 Å². The Balaban J connectivity index is 1.52. The zero-order valence-electron chi connectivity index (χ0n) is 13.7. The molecular formula is C17H18Cl2N6. The number of pyridine rings is 1. The van der Waals surface area contributed by atoms with Gasteiger partial charge in [-0.25, -0.2) is 0 Å². The highest BCUT2D eigenvalue weighted by molar-refractivity contribution is 6.35. The lowest BCUT2D eigenvalue weighted by atomic mass is 10.2. The Morgan fingerprint density at radius 1 is 1.16 bits per heavy atom. The van der Waals surface area contributed by atoms with Gasteiger partial charge in [-0.3, -0.25) is 9.39 Å². The van der Waals surface area contributed by atoms with Crippen LogP contribution in [0.3, 0.4) is 0 Å². The number of hydrogen-bond donors (Lipinski definition) is 2. The van der Waals surface area contributed by atoms with E-state index in [0.717, 1.165) is 23.5 Å². The van der Waals surface area contributed by atoms with Crippen molar-refractivity contribution in [3.05, 3.63) is 64.0 Å². The molecule has 0 spiro atoms. The van der Waals surface area contributed by atoms with Crippen molar-refractivity contribution in [2.24, 2.45) is 4.99 Å². The van der Waals surface area contributed by atoms with Crippen molar-refractivity contribution in [1.29, 1.82) is 0 Å². The van der Waals surface area contributed by atoms with E-state index >= 15 is 0 Å². The van der Waals surface area contributed by atoms with Crippen LogP contribution in [0.4, 0.5) is 0 Å². The Hall–Kier alpha value is -2.31. The number of hydrogen-bond acceptors (Lipinski definition) is 3. The van der Waals surface area contributed by atoms with E-state index in [9.17, 15) is 0 Å². The van der Waals surface area contributed by atoms with Crippen LogP contribution >= 0.6 is 23.2 Å². The van der Waals surface area contributed by atoms with Crippen LogP contribution in [0, 0.1) is 0 Å². The largest absolute Gasteiger partial charge is 0.356 e. The summed E-state index contributed by atoms with van der Waals surface area (Å²) in [6.45, 7) is 1.24. The molecule has 3 aromatic rings. The SMILES string of the molecule is CN=C(NCCc1nnc2ccccn12)NCc1ccc(Cl)cc1Cl. The summed E-state index contributed by atoms with van der Waals surface area (Å²) in [6, 6.07) is 11.3. The molecule has 2 heterocycles. The summed E-state index contributed by atoms with van der Waals surface area (Å²) in [6.07, 6.45) is 2.69. The number of halogens is 2. The van der Waals surface area contributed by atoms with Gasteiger partial charge < -0.3 is 10.6 Å². The first kappa shape index (κ1) is 17.5. The molecule has 0 atom stereocenters. The topological polar surface area (TPSA) is 66.6 Å². The summed E-state index contributed by atoms with van der Waals surface area (Å²) in [5, 5.41) is 16.1. The average molecular weight is 377 g/mol. The number of guanidine groups is 1. The van der Waals surface area contributed by atoms with Crippen LogP contribution in [-0.4, -0.2) is 34.2 Å². The minimum Gasteiger partial charge on any atom is -0.356 e. The minimum absolute atomic E-state index is 0.559. The third-order valence-corrected chi connectivity index (χ3v) is 4.30. The van der Waals surface area contributed by atoms with Crippen molar-refractivity contribution in [2.75, 3.05) is 13.6 Å². The molecule has 0 unspecified atom stereocenters. The maximum Gasteiger partial charge on any atom is 0.191 e. The fourth-order valence-corrected chi connectivity index (χ4v) is 2.89. The quantitative estimate of drug-likeness (QED) is 0.530. The molecule has 1 aromatic carbocycles. The van der Waals surface area contributed by atoms with Gasteiger partial charge in [-0.15, -0.1) is 10.2 Å². The molecule has 0 aliphatic carbocycles. The predicted molar refractivity (Wildman–Crippen MR) is 101 cm³/mol. The Morgan fingerprint density at radius 2 is 2.04 bits per heavy atom. The van der Waals surface area contributed by atoms with Crippen molar-refractivity contribution in [1.82, 2.24) is 25.2 Å². The van der Waals surface area contributed by atoms with Gasteiger partial charge in [-0.1, -0.05) is 35.3 Å². The summed E-state index contributed by atoms with van der Waals surface area (Å²) in [4.78, 5) is 4.21. The van der Waals surface area contributed by atoms with Crippen molar-refractivity contribution in [2.45, 2.75) is 13.0 Å². The molecule has 0 amide bonds. The van der Waals surface area contributed by atoms with Crippen LogP contribution < -0.4 is 10.6 Å². The summed E-state index contributed by atoms with van der Waals surface area (Å²) in [7, 11) is 1.73. The van der Waals surface area contributed by atoms with Gasteiger partial charge >= 0.3 is 0 Å². The number of aliphatic imine (C=N–C) groups is 1. The predicted octanol–water partition coefficient (Wildman–Crippen LogP) is 2.94. The van der Waals surface area contributed by atoms with Crippen LogP contribution in [0.15, 0.2) is 47.6 Å². The Bertz CT molecular complexity index is 890. The van der Waals surface area contributed by atoms with Gasteiger partial charge in [0.05, 0.1) is 0 Å². The maximum absolute atomic E-state index is 6.18. The van der Waals surface area contributed by atoms with Crippen LogP contribution in [0.2, 0.25) is 10.0 Å². The van der Waals surface area contributed by atoms with E-state index < -0.39 is 0 Å². The van der Waals surface area contributed by atoms with Crippen LogP contribution in [0.1, 0.15) is 11.4 Å². The Morgan fingerprint density at radius 3 is 2.84 bits per heavy atom. The summed E-state index contributed by atoms with van der Waals surface area (Å²) >= 11 is 12.1. The summed E-state index contributed by atoms with van der Waals surface area (Å²) < 4.78 is 1.98. The first-order chi connectivity index (χ1) is 12.2. The fourth-order valence-electron chi connectivity index (χ4n) is 2.42. The molecule has 0 saturated heterocycles. The lowest BCUT2D eigenvalue weighted by Crippen LogP contribution is -2.38. The van der Waals surface area contributed by atoms with Crippen molar-refractivity contribution < 1.29 is 0 Å². The molecule has 0 aliphatic rings. The highest BCUT2D eigenvalue weighted by Gasteiger charge is 2.06. The maximum atomic E-state index is 6.18. The molecule has 2 N–H and O–H groups in total. The van der Waals surface area contributed by atoms with E-state index in [1.807, 2.05) is 40.9 Å². The third kappa shape index (κ3) is 4.41. The highest BCUT2D eigenvalue weighted by Crippen LogP contribution is 2.20. The Labute approximate surface area is 155 Å². The number of rotatable bonds is 5. The van der Waals surface area contributed by atoms with Gasteiger partial charge in [-0.05, 0) is 29.8 Å². The third-order valence-electron chi connectivity index (χ3n) is 3.71. The molecular weight excluding hydrogens is 359 g/mol. The molecule has 0 saturated carbocycles. The van der Waals surface area contributed by atoms with Crippen molar-refractivity contribution in [3.8, 4) is 0 Å². The molecule has 0 bridgehead atoms. The molecule has 0 aliphatic heterocycles. The summed E-state index contributed by atoms with van der Waals surface area (Å²) in [5.41, 5.74) is 1.80. The number of benzene rings is 1. The number of fused-ring (bicyclic) bond motifs is 1.